The van der Waals surface area contributed by atoms with Crippen molar-refractivity contribution in [3.05, 3.63) is 95.1 Å². The van der Waals surface area contributed by atoms with E-state index in [4.69, 9.17) is 4.74 Å². The first kappa shape index (κ1) is 24.3. The minimum absolute atomic E-state index is 0.0932. The molecule has 1 saturated heterocycles. The molecule has 3 aromatic carbocycles. The molecule has 0 bridgehead atoms. The predicted octanol–water partition coefficient (Wildman–Crippen LogP) is 3.59. The normalized spacial score (nSPS) is 29.2. The van der Waals surface area contributed by atoms with E-state index in [1.807, 2.05) is 6.92 Å². The van der Waals surface area contributed by atoms with Gasteiger partial charge in [-0.15, -0.1) is 0 Å². The fourth-order valence-electron chi connectivity index (χ4n) is 5.83. The molecule has 1 amide bonds. The third-order valence-corrected chi connectivity index (χ3v) is 7.96. The second kappa shape index (κ2) is 8.78. The summed E-state index contributed by atoms with van der Waals surface area (Å²) in [6.07, 6.45) is 0.271. The number of rotatable bonds is 4. The lowest BCUT2D eigenvalue weighted by Crippen LogP contribution is -2.66. The number of benzene rings is 3. The zero-order valence-corrected chi connectivity index (χ0v) is 20.5. The summed E-state index contributed by atoms with van der Waals surface area (Å²) in [6, 6.07) is 16.5. The van der Waals surface area contributed by atoms with Crippen LogP contribution in [-0.4, -0.2) is 45.6 Å². The lowest BCUT2D eigenvalue weighted by atomic mass is 9.78. The van der Waals surface area contributed by atoms with Gasteiger partial charge < -0.3 is 20.4 Å². The molecule has 2 heterocycles. The van der Waals surface area contributed by atoms with Crippen LogP contribution in [0.1, 0.15) is 36.1 Å². The average Bonchev–Trinajstić information content (AvgIpc) is 3.65. The van der Waals surface area contributed by atoms with E-state index < -0.39 is 23.0 Å². The number of piperazine rings is 1. The van der Waals surface area contributed by atoms with E-state index in [1.54, 1.807) is 41.4 Å². The maximum absolute atomic E-state index is 13.9. The summed E-state index contributed by atoms with van der Waals surface area (Å²) in [5.41, 5.74) is 2.84. The summed E-state index contributed by atoms with van der Waals surface area (Å²) in [5.74, 6) is -1.55. The first-order valence-corrected chi connectivity index (χ1v) is 12.3. The number of fused-ring (bicyclic) bond motifs is 2. The lowest BCUT2D eigenvalue weighted by molar-refractivity contribution is -0.141. The van der Waals surface area contributed by atoms with Crippen LogP contribution < -0.4 is 15.5 Å². The Hall–Kier alpha value is -4.02. The zero-order valence-electron chi connectivity index (χ0n) is 20.5. The van der Waals surface area contributed by atoms with Gasteiger partial charge in [-0.25, -0.2) is 13.8 Å². The lowest BCUT2D eigenvalue weighted by Gasteiger charge is -2.51. The molecule has 1 aliphatic carbocycles. The summed E-state index contributed by atoms with van der Waals surface area (Å²) in [6.45, 7) is 2.85. The van der Waals surface area contributed by atoms with Crippen molar-refractivity contribution in [3.63, 3.8) is 0 Å². The fraction of sp³-hybridized carbons (Fsp3) is 0.286. The van der Waals surface area contributed by atoms with Crippen molar-refractivity contribution < 1.29 is 28.6 Å². The van der Waals surface area contributed by atoms with Gasteiger partial charge in [0.15, 0.2) is 5.60 Å². The molecular weight excluding hydrogens is 494 g/mol. The van der Waals surface area contributed by atoms with E-state index >= 15 is 0 Å². The van der Waals surface area contributed by atoms with Crippen molar-refractivity contribution in [2.75, 3.05) is 13.1 Å². The molecule has 1 saturated carbocycles. The van der Waals surface area contributed by atoms with E-state index in [0.29, 0.717) is 13.1 Å². The topological polar surface area (TPSA) is 106 Å². The smallest absolute Gasteiger partial charge is 0.279 e. The molecule has 4 unspecified atom stereocenters. The van der Waals surface area contributed by atoms with E-state index in [0.717, 1.165) is 11.1 Å². The van der Waals surface area contributed by atoms with Gasteiger partial charge in [0.05, 0.1) is 23.1 Å². The summed E-state index contributed by atoms with van der Waals surface area (Å²) < 4.78 is 33.7. The predicted molar refractivity (Wildman–Crippen MR) is 134 cm³/mol. The number of carbonyl (C=O) groups is 1. The highest BCUT2D eigenvalue weighted by Gasteiger charge is 2.69. The molecule has 3 aliphatic rings. The van der Waals surface area contributed by atoms with Gasteiger partial charge in [0.2, 0.25) is 0 Å². The number of oxime groups is 1. The fourth-order valence-corrected chi connectivity index (χ4v) is 5.83. The largest absolute Gasteiger partial charge is 0.507 e. The molecule has 6 rings (SSSR count). The van der Waals surface area contributed by atoms with Crippen molar-refractivity contribution in [1.29, 1.82) is 0 Å². The number of hydrogen-bond acceptors (Lipinski definition) is 7. The van der Waals surface area contributed by atoms with Crippen molar-refractivity contribution in [2.45, 2.75) is 30.5 Å². The van der Waals surface area contributed by atoms with Gasteiger partial charge in [-0.1, -0.05) is 35.5 Å². The maximum atomic E-state index is 13.9. The number of nitrogens with zero attached hydrogens (tertiary/aromatic N) is 2. The number of phenols is 1. The molecule has 196 valence electrons. The third kappa shape index (κ3) is 3.63. The highest BCUT2D eigenvalue weighted by atomic mass is 19.1. The van der Waals surface area contributed by atoms with Crippen LogP contribution >= 0.6 is 0 Å². The van der Waals surface area contributed by atoms with Gasteiger partial charge in [-0.05, 0) is 54.4 Å². The Bertz CT molecular complexity index is 1430. The maximum Gasteiger partial charge on any atom is 0.279 e. The number of amides is 1. The monoisotopic (exact) mass is 520 g/mol. The van der Waals surface area contributed by atoms with Crippen LogP contribution in [0.4, 0.5) is 8.78 Å². The van der Waals surface area contributed by atoms with E-state index in [-0.39, 0.29) is 46.9 Å². The number of hydrazine groups is 1. The number of halogens is 2. The van der Waals surface area contributed by atoms with Gasteiger partial charge in [-0.2, -0.15) is 0 Å². The molecule has 2 fully saturated rings. The van der Waals surface area contributed by atoms with Gasteiger partial charge in [0.25, 0.3) is 5.91 Å². The van der Waals surface area contributed by atoms with Crippen LogP contribution in [0, 0.1) is 17.6 Å². The molecule has 10 heteroatoms. The Morgan fingerprint density at radius 2 is 1.79 bits per heavy atom. The standard InChI is InChI=1S/C28H26F2N4O4/c1-27(17-7-11-19(30)12-8-17)25(16-5-9-18(29)10-6-16)31-13-14-34(27)32-26(36)28-15-20(28)24(33-37)23-21(35)3-2-4-22(23)38-28/h2-12,20,25,31,35,37H,13-15H2,1H3,(H,32,36). The molecule has 4 atom stereocenters. The number of nitrogens with one attached hydrogen (secondary N) is 2. The van der Waals surface area contributed by atoms with Crippen LogP contribution in [0.3, 0.4) is 0 Å². The van der Waals surface area contributed by atoms with Crippen LogP contribution in [0.15, 0.2) is 71.9 Å². The number of phenolic OH excluding ortho intramolecular Hbond substituents is 1. The van der Waals surface area contributed by atoms with Gasteiger partial charge in [0, 0.05) is 19.5 Å². The van der Waals surface area contributed by atoms with Gasteiger partial charge >= 0.3 is 0 Å². The molecule has 2 aliphatic heterocycles. The van der Waals surface area contributed by atoms with Crippen LogP contribution in [-0.2, 0) is 10.3 Å². The highest BCUT2D eigenvalue weighted by Crippen LogP contribution is 2.56. The van der Waals surface area contributed by atoms with Gasteiger partial charge in [0.1, 0.15) is 28.8 Å². The Kier molecular flexibility index (Phi) is 5.62. The van der Waals surface area contributed by atoms with E-state index in [1.165, 1.54) is 30.3 Å². The molecule has 38 heavy (non-hydrogen) atoms. The molecule has 3 aromatic rings. The third-order valence-electron chi connectivity index (χ3n) is 7.96. The van der Waals surface area contributed by atoms with Crippen molar-refractivity contribution in [1.82, 2.24) is 15.8 Å². The Balaban J connectivity index is 1.36. The Morgan fingerprint density at radius 1 is 1.11 bits per heavy atom. The molecule has 4 N–H and O–H groups in total. The van der Waals surface area contributed by atoms with Gasteiger partial charge in [-0.3, -0.25) is 10.2 Å². The SMILES string of the molecule is CC1(c2ccc(F)cc2)C(c2ccc(F)cc2)NCCN1NC(=O)C12CC1C(=NO)c1c(O)cccc1O2. The first-order valence-electron chi connectivity index (χ1n) is 12.3. The summed E-state index contributed by atoms with van der Waals surface area (Å²) in [7, 11) is 0. The molecular formula is C28H26F2N4O4. The number of hydrogen-bond donors (Lipinski definition) is 4. The van der Waals surface area contributed by atoms with Crippen LogP contribution in [0.25, 0.3) is 0 Å². The van der Waals surface area contributed by atoms with Crippen molar-refractivity contribution in [3.8, 4) is 11.5 Å². The second-order valence-electron chi connectivity index (χ2n) is 10.1. The van der Waals surface area contributed by atoms with Crippen molar-refractivity contribution in [2.24, 2.45) is 11.1 Å². The second-order valence-corrected chi connectivity index (χ2v) is 10.1. The average molecular weight is 521 g/mol. The minimum atomic E-state index is -1.30. The molecule has 8 nitrogen and oxygen atoms in total. The highest BCUT2D eigenvalue weighted by molar-refractivity contribution is 6.14. The Morgan fingerprint density at radius 3 is 2.47 bits per heavy atom. The Labute approximate surface area is 217 Å². The summed E-state index contributed by atoms with van der Waals surface area (Å²) >= 11 is 0. The van der Waals surface area contributed by atoms with Crippen LogP contribution in [0.2, 0.25) is 0 Å². The first-order chi connectivity index (χ1) is 18.3. The number of ether oxygens (including phenoxy) is 1. The molecule has 0 radical (unpaired) electrons. The zero-order chi connectivity index (χ0) is 26.7. The minimum Gasteiger partial charge on any atom is -0.507 e. The number of carbonyl (C=O) groups excluding carboxylic acids is 1. The van der Waals surface area contributed by atoms with Crippen LogP contribution in [0.5, 0.6) is 11.5 Å². The molecule has 0 spiro atoms. The summed E-state index contributed by atoms with van der Waals surface area (Å²) in [5, 5.41) is 28.7. The molecule has 0 aromatic heterocycles. The quantitative estimate of drug-likeness (QED) is 0.310. The van der Waals surface area contributed by atoms with E-state index in [2.05, 4.69) is 15.9 Å². The number of aromatic hydroxyl groups is 1. The summed E-state index contributed by atoms with van der Waals surface area (Å²) in [4.78, 5) is 13.8. The van der Waals surface area contributed by atoms with E-state index in [9.17, 15) is 23.9 Å². The van der Waals surface area contributed by atoms with Crippen molar-refractivity contribution >= 4 is 11.6 Å².